The average Bonchev–Trinajstić information content (AvgIpc) is 2.42. The Morgan fingerprint density at radius 3 is 1.83 bits per heavy atom. The van der Waals surface area contributed by atoms with Crippen molar-refractivity contribution in [3.8, 4) is 11.5 Å². The first kappa shape index (κ1) is 12.6. The molecule has 2 rings (SSSR count). The summed E-state index contributed by atoms with van der Waals surface area (Å²) < 4.78 is 5.73. The van der Waals surface area contributed by atoms with Gasteiger partial charge in [0.25, 0.3) is 0 Å². The van der Waals surface area contributed by atoms with Crippen molar-refractivity contribution in [2.45, 2.75) is 19.9 Å². The Balaban J connectivity index is 2.03. The fourth-order valence-electron chi connectivity index (χ4n) is 1.70. The Labute approximate surface area is 107 Å². The van der Waals surface area contributed by atoms with Crippen LogP contribution < -0.4 is 10.2 Å². The Bertz CT molecular complexity index is 477. The van der Waals surface area contributed by atoms with Crippen molar-refractivity contribution in [3.63, 3.8) is 0 Å². The molecule has 2 aromatic rings. The fourth-order valence-corrected chi connectivity index (χ4v) is 1.70. The maximum atomic E-state index is 8.59. The van der Waals surface area contributed by atoms with Gasteiger partial charge in [0.05, 0.1) is 0 Å². The highest BCUT2D eigenvalue weighted by Crippen LogP contribution is 2.22. The van der Waals surface area contributed by atoms with Gasteiger partial charge in [-0.05, 0) is 41.8 Å². The second-order valence-corrected chi connectivity index (χ2v) is 4.08. The second-order valence-electron chi connectivity index (χ2n) is 4.08. The molecular weight excluding hydrogens is 226 g/mol. The summed E-state index contributed by atoms with van der Waals surface area (Å²) in [5, 5.41) is 8.59. The molecule has 0 atom stereocenters. The molecule has 18 heavy (non-hydrogen) atoms. The molecule has 3 heteroatoms. The smallest absolute Gasteiger partial charge is 0.127 e. The minimum atomic E-state index is 0.436. The molecule has 0 fully saturated rings. The van der Waals surface area contributed by atoms with Crippen LogP contribution in [0.15, 0.2) is 48.5 Å². The zero-order valence-electron chi connectivity index (χ0n) is 10.4. The molecule has 0 aliphatic carbocycles. The minimum absolute atomic E-state index is 0.436. The predicted octanol–water partition coefficient (Wildman–Crippen LogP) is 3.52. The van der Waals surface area contributed by atoms with Gasteiger partial charge >= 0.3 is 0 Å². The van der Waals surface area contributed by atoms with Gasteiger partial charge < -0.3 is 9.94 Å². The van der Waals surface area contributed by atoms with E-state index >= 15 is 0 Å². The van der Waals surface area contributed by atoms with Crippen molar-refractivity contribution in [1.82, 2.24) is 5.48 Å². The number of hydrogen-bond donors (Lipinski definition) is 2. The first-order valence-electron chi connectivity index (χ1n) is 6.04. The lowest BCUT2D eigenvalue weighted by Gasteiger charge is -2.07. The van der Waals surface area contributed by atoms with E-state index < -0.39 is 0 Å². The minimum Gasteiger partial charge on any atom is -0.457 e. The molecule has 0 heterocycles. The number of benzene rings is 2. The van der Waals surface area contributed by atoms with Crippen molar-refractivity contribution in [2.75, 3.05) is 0 Å². The molecule has 0 spiro atoms. The zero-order valence-corrected chi connectivity index (χ0v) is 10.4. The number of rotatable bonds is 5. The Morgan fingerprint density at radius 1 is 0.889 bits per heavy atom. The summed E-state index contributed by atoms with van der Waals surface area (Å²) in [6.07, 6.45) is 1.03. The van der Waals surface area contributed by atoms with Crippen LogP contribution in [0.3, 0.4) is 0 Å². The van der Waals surface area contributed by atoms with Crippen LogP contribution in [0, 0.1) is 0 Å². The number of ether oxygens (including phenoxy) is 1. The van der Waals surface area contributed by atoms with Crippen LogP contribution in [-0.2, 0) is 13.0 Å². The monoisotopic (exact) mass is 243 g/mol. The molecule has 0 amide bonds. The van der Waals surface area contributed by atoms with Gasteiger partial charge in [-0.2, -0.15) is 0 Å². The van der Waals surface area contributed by atoms with E-state index in [1.807, 2.05) is 36.4 Å². The van der Waals surface area contributed by atoms with Crippen LogP contribution in [0.1, 0.15) is 18.1 Å². The summed E-state index contributed by atoms with van der Waals surface area (Å²) in [5.74, 6) is 1.63. The topological polar surface area (TPSA) is 41.5 Å². The van der Waals surface area contributed by atoms with Crippen LogP contribution in [0.4, 0.5) is 0 Å². The molecule has 0 bridgehead atoms. The quantitative estimate of drug-likeness (QED) is 0.789. The maximum Gasteiger partial charge on any atom is 0.127 e. The lowest BCUT2D eigenvalue weighted by molar-refractivity contribution is 0.161. The number of hydrogen-bond acceptors (Lipinski definition) is 3. The molecule has 3 nitrogen and oxygen atoms in total. The van der Waals surface area contributed by atoms with Gasteiger partial charge in [-0.3, -0.25) is 0 Å². The number of nitrogens with one attached hydrogen (secondary N) is 1. The third-order valence-electron chi connectivity index (χ3n) is 2.77. The van der Waals surface area contributed by atoms with Gasteiger partial charge in [-0.15, -0.1) is 0 Å². The van der Waals surface area contributed by atoms with E-state index in [1.54, 1.807) is 0 Å². The van der Waals surface area contributed by atoms with Gasteiger partial charge in [0.15, 0.2) is 0 Å². The van der Waals surface area contributed by atoms with Gasteiger partial charge in [0.2, 0.25) is 0 Å². The van der Waals surface area contributed by atoms with E-state index in [2.05, 4.69) is 24.5 Å². The van der Waals surface area contributed by atoms with Crippen molar-refractivity contribution >= 4 is 0 Å². The Kier molecular flexibility index (Phi) is 4.34. The summed E-state index contributed by atoms with van der Waals surface area (Å²) in [7, 11) is 0. The first-order valence-corrected chi connectivity index (χ1v) is 6.04. The molecule has 0 unspecified atom stereocenters. The standard InChI is InChI=1S/C15H17NO2/c1-2-12-3-7-14(8-4-12)18-15-9-5-13(6-10-15)11-16-17/h3-10,16-17H,2,11H2,1H3. The van der Waals surface area contributed by atoms with E-state index in [0.717, 1.165) is 23.5 Å². The normalized spacial score (nSPS) is 10.3. The third kappa shape index (κ3) is 3.32. The first-order chi connectivity index (χ1) is 8.81. The number of hydroxylamine groups is 1. The number of aryl methyl sites for hydroxylation is 1. The SMILES string of the molecule is CCc1ccc(Oc2ccc(CNO)cc2)cc1. The molecule has 0 aliphatic rings. The van der Waals surface area contributed by atoms with Crippen molar-refractivity contribution < 1.29 is 9.94 Å². The van der Waals surface area contributed by atoms with E-state index in [1.165, 1.54) is 5.56 Å². The highest BCUT2D eigenvalue weighted by molar-refractivity contribution is 5.34. The van der Waals surface area contributed by atoms with Crippen molar-refractivity contribution in [1.29, 1.82) is 0 Å². The largest absolute Gasteiger partial charge is 0.457 e. The van der Waals surface area contributed by atoms with E-state index in [-0.39, 0.29) is 0 Å². The third-order valence-corrected chi connectivity index (χ3v) is 2.77. The van der Waals surface area contributed by atoms with Crippen molar-refractivity contribution in [3.05, 3.63) is 59.7 Å². The second kappa shape index (κ2) is 6.19. The summed E-state index contributed by atoms with van der Waals surface area (Å²) in [6.45, 7) is 2.56. The predicted molar refractivity (Wildman–Crippen MR) is 71.0 cm³/mol. The van der Waals surface area contributed by atoms with Gasteiger partial charge in [0.1, 0.15) is 11.5 Å². The molecule has 2 N–H and O–H groups in total. The van der Waals surface area contributed by atoms with Crippen molar-refractivity contribution in [2.24, 2.45) is 0 Å². The van der Waals surface area contributed by atoms with E-state index in [4.69, 9.17) is 9.94 Å². The van der Waals surface area contributed by atoms with Crippen LogP contribution >= 0.6 is 0 Å². The molecule has 0 saturated carbocycles. The lowest BCUT2D eigenvalue weighted by atomic mass is 10.2. The Morgan fingerprint density at radius 2 is 1.39 bits per heavy atom. The van der Waals surface area contributed by atoms with Crippen LogP contribution in [0.25, 0.3) is 0 Å². The fraction of sp³-hybridized carbons (Fsp3) is 0.200. The Hall–Kier alpha value is -1.84. The van der Waals surface area contributed by atoms with Crippen LogP contribution in [0.5, 0.6) is 11.5 Å². The van der Waals surface area contributed by atoms with Gasteiger partial charge in [0, 0.05) is 6.54 Å². The van der Waals surface area contributed by atoms with E-state index in [9.17, 15) is 0 Å². The molecule has 94 valence electrons. The summed E-state index contributed by atoms with van der Waals surface area (Å²) in [4.78, 5) is 0. The van der Waals surface area contributed by atoms with Crippen LogP contribution in [0.2, 0.25) is 0 Å². The molecular formula is C15H17NO2. The summed E-state index contributed by atoms with van der Waals surface area (Å²) in [5.41, 5.74) is 4.43. The molecule has 0 saturated heterocycles. The van der Waals surface area contributed by atoms with Gasteiger partial charge in [-0.1, -0.05) is 31.2 Å². The molecule has 2 aromatic carbocycles. The lowest BCUT2D eigenvalue weighted by Crippen LogP contribution is -2.05. The maximum absolute atomic E-state index is 8.59. The van der Waals surface area contributed by atoms with Gasteiger partial charge in [-0.25, -0.2) is 5.48 Å². The van der Waals surface area contributed by atoms with E-state index in [0.29, 0.717) is 6.54 Å². The molecule has 0 aromatic heterocycles. The highest BCUT2D eigenvalue weighted by atomic mass is 16.5. The average molecular weight is 243 g/mol. The molecule has 0 radical (unpaired) electrons. The molecule has 0 aliphatic heterocycles. The highest BCUT2D eigenvalue weighted by Gasteiger charge is 1.98. The zero-order chi connectivity index (χ0) is 12.8. The van der Waals surface area contributed by atoms with Crippen LogP contribution in [-0.4, -0.2) is 5.21 Å². The summed E-state index contributed by atoms with van der Waals surface area (Å²) in [6, 6.07) is 15.7. The summed E-state index contributed by atoms with van der Waals surface area (Å²) >= 11 is 0.